The Morgan fingerprint density at radius 3 is 2.62 bits per heavy atom. The van der Waals surface area contributed by atoms with Gasteiger partial charge >= 0.3 is 7.82 Å². The summed E-state index contributed by atoms with van der Waals surface area (Å²) in [6.45, 7) is 1.67. The van der Waals surface area contributed by atoms with E-state index < -0.39 is 26.3 Å². The molecule has 1 rings (SSSR count). The van der Waals surface area contributed by atoms with Crippen LogP contribution in [0.15, 0.2) is 24.3 Å². The van der Waals surface area contributed by atoms with Crippen LogP contribution in [0.2, 0.25) is 0 Å². The number of hydrogen-bond acceptors (Lipinski definition) is 3. The minimum absolute atomic E-state index is 0.255. The molecule has 0 aliphatic rings. The number of benzene rings is 1. The Balaban J connectivity index is 2.61. The molecule has 0 saturated carbocycles. The molecular formula is C16H25FNO5P. The molecule has 0 bridgehead atoms. The Morgan fingerprint density at radius 1 is 1.29 bits per heavy atom. The standard InChI is InChI=1S/C16H25FNO5P/c1-2-3-4-5-6-10-16(19)18-15(12-23-24(20,21)22)13-8-7-9-14(17)11-13/h7-9,11,15H,2-6,10,12H2,1H3,(H,18,19)(H2,20,21,22). The first-order valence-electron chi connectivity index (χ1n) is 8.06. The number of nitrogens with one attached hydrogen (secondary N) is 1. The van der Waals surface area contributed by atoms with Crippen molar-refractivity contribution in [2.45, 2.75) is 51.5 Å². The first kappa shape index (κ1) is 20.8. The van der Waals surface area contributed by atoms with Crippen molar-refractivity contribution < 1.29 is 28.1 Å². The SMILES string of the molecule is CCCCCCCC(=O)NC(COP(=O)(O)O)c1cccc(F)c1. The molecule has 0 aliphatic carbocycles. The van der Waals surface area contributed by atoms with Crippen molar-refractivity contribution in [1.29, 1.82) is 0 Å². The first-order chi connectivity index (χ1) is 11.3. The van der Waals surface area contributed by atoms with Crippen molar-refractivity contribution in [2.24, 2.45) is 0 Å². The lowest BCUT2D eigenvalue weighted by atomic mass is 10.1. The van der Waals surface area contributed by atoms with Crippen molar-refractivity contribution in [2.75, 3.05) is 6.61 Å². The number of unbranched alkanes of at least 4 members (excludes halogenated alkanes) is 4. The van der Waals surface area contributed by atoms with E-state index in [1.165, 1.54) is 18.2 Å². The van der Waals surface area contributed by atoms with E-state index in [1.807, 2.05) is 0 Å². The lowest BCUT2D eigenvalue weighted by Crippen LogP contribution is -2.31. The van der Waals surface area contributed by atoms with Gasteiger partial charge in [-0.25, -0.2) is 8.96 Å². The maximum atomic E-state index is 13.4. The van der Waals surface area contributed by atoms with E-state index in [9.17, 15) is 13.8 Å². The highest BCUT2D eigenvalue weighted by Gasteiger charge is 2.21. The zero-order valence-electron chi connectivity index (χ0n) is 13.8. The third-order valence-electron chi connectivity index (χ3n) is 3.50. The second-order valence-corrected chi connectivity index (χ2v) is 6.87. The Hall–Kier alpha value is -1.27. The number of phosphoric acid groups is 1. The summed E-state index contributed by atoms with van der Waals surface area (Å²) in [5, 5.41) is 2.65. The summed E-state index contributed by atoms with van der Waals surface area (Å²) < 4.78 is 28.7. The molecule has 1 aromatic carbocycles. The van der Waals surface area contributed by atoms with Gasteiger partial charge in [0.2, 0.25) is 5.91 Å². The van der Waals surface area contributed by atoms with Crippen LogP contribution in [0.1, 0.15) is 57.1 Å². The second kappa shape index (κ2) is 10.6. The van der Waals surface area contributed by atoms with E-state index >= 15 is 0 Å². The highest BCUT2D eigenvalue weighted by Crippen LogP contribution is 2.37. The van der Waals surface area contributed by atoms with Gasteiger partial charge in [0.05, 0.1) is 12.6 Å². The summed E-state index contributed by atoms with van der Waals surface area (Å²) in [6, 6.07) is 4.66. The molecule has 136 valence electrons. The lowest BCUT2D eigenvalue weighted by molar-refractivity contribution is -0.122. The topological polar surface area (TPSA) is 95.9 Å². The highest BCUT2D eigenvalue weighted by atomic mass is 31.2. The summed E-state index contributed by atoms with van der Waals surface area (Å²) in [7, 11) is -4.67. The molecule has 0 fully saturated rings. The Labute approximate surface area is 141 Å². The molecule has 1 unspecified atom stereocenters. The van der Waals surface area contributed by atoms with Gasteiger partial charge in [-0.3, -0.25) is 9.32 Å². The van der Waals surface area contributed by atoms with E-state index in [1.54, 1.807) is 6.07 Å². The van der Waals surface area contributed by atoms with Crippen LogP contribution in [0.25, 0.3) is 0 Å². The van der Waals surface area contributed by atoms with Crippen molar-refractivity contribution in [3.8, 4) is 0 Å². The quantitative estimate of drug-likeness (QED) is 0.414. The number of hydrogen-bond donors (Lipinski definition) is 3. The van der Waals surface area contributed by atoms with Gasteiger partial charge in [-0.1, -0.05) is 44.7 Å². The van der Waals surface area contributed by atoms with E-state index in [2.05, 4.69) is 16.8 Å². The number of phosphoric ester groups is 1. The molecule has 3 N–H and O–H groups in total. The average molecular weight is 361 g/mol. The Kier molecular flexibility index (Phi) is 9.14. The summed E-state index contributed by atoms with van der Waals surface area (Å²) in [6.07, 6.45) is 5.31. The average Bonchev–Trinajstić information content (AvgIpc) is 2.50. The molecule has 6 nitrogen and oxygen atoms in total. The van der Waals surface area contributed by atoms with Crippen molar-refractivity contribution >= 4 is 13.7 Å². The molecule has 8 heteroatoms. The monoisotopic (exact) mass is 361 g/mol. The number of amides is 1. The first-order valence-corrected chi connectivity index (χ1v) is 9.59. The number of carbonyl (C=O) groups excluding carboxylic acids is 1. The maximum absolute atomic E-state index is 13.4. The zero-order valence-corrected chi connectivity index (χ0v) is 14.7. The van der Waals surface area contributed by atoms with Crippen LogP contribution in [-0.2, 0) is 13.9 Å². The molecule has 0 heterocycles. The molecule has 24 heavy (non-hydrogen) atoms. The molecule has 0 aliphatic heterocycles. The van der Waals surface area contributed by atoms with Crippen molar-refractivity contribution in [3.05, 3.63) is 35.6 Å². The van der Waals surface area contributed by atoms with Gasteiger partial charge in [0.1, 0.15) is 5.82 Å². The minimum Gasteiger partial charge on any atom is -0.347 e. The van der Waals surface area contributed by atoms with Crippen LogP contribution in [-0.4, -0.2) is 22.3 Å². The largest absolute Gasteiger partial charge is 0.469 e. The van der Waals surface area contributed by atoms with Crippen LogP contribution < -0.4 is 5.32 Å². The molecule has 1 amide bonds. The lowest BCUT2D eigenvalue weighted by Gasteiger charge is -2.19. The van der Waals surface area contributed by atoms with Gasteiger partial charge in [0.15, 0.2) is 0 Å². The molecule has 0 radical (unpaired) electrons. The number of halogens is 1. The van der Waals surface area contributed by atoms with Gasteiger partial charge in [0.25, 0.3) is 0 Å². The summed E-state index contributed by atoms with van der Waals surface area (Å²) in [4.78, 5) is 29.7. The summed E-state index contributed by atoms with van der Waals surface area (Å²) in [5.41, 5.74) is 0.391. The van der Waals surface area contributed by atoms with Crippen LogP contribution in [0.5, 0.6) is 0 Å². The zero-order chi connectivity index (χ0) is 18.0. The highest BCUT2D eigenvalue weighted by molar-refractivity contribution is 7.46. The van der Waals surface area contributed by atoms with E-state index in [-0.39, 0.29) is 5.91 Å². The Bertz CT molecular complexity index is 563. The predicted molar refractivity (Wildman–Crippen MR) is 88.7 cm³/mol. The summed E-state index contributed by atoms with van der Waals surface area (Å²) in [5.74, 6) is -0.752. The fourth-order valence-electron chi connectivity index (χ4n) is 2.27. The fraction of sp³-hybridized carbons (Fsp3) is 0.562. The van der Waals surface area contributed by atoms with E-state index in [0.717, 1.165) is 32.1 Å². The number of carbonyl (C=O) groups is 1. The van der Waals surface area contributed by atoms with Crippen LogP contribution in [0, 0.1) is 5.82 Å². The molecule has 0 aromatic heterocycles. The Morgan fingerprint density at radius 2 is 2.00 bits per heavy atom. The van der Waals surface area contributed by atoms with Gasteiger partial charge < -0.3 is 15.1 Å². The summed E-state index contributed by atoms with van der Waals surface area (Å²) >= 11 is 0. The van der Waals surface area contributed by atoms with Gasteiger partial charge in [-0.05, 0) is 24.1 Å². The third-order valence-corrected chi connectivity index (χ3v) is 3.99. The van der Waals surface area contributed by atoms with Crippen molar-refractivity contribution in [3.63, 3.8) is 0 Å². The molecule has 1 atom stereocenters. The molecule has 1 aromatic rings. The van der Waals surface area contributed by atoms with Crippen molar-refractivity contribution in [1.82, 2.24) is 5.32 Å². The minimum atomic E-state index is -4.67. The molecular weight excluding hydrogens is 336 g/mol. The van der Waals surface area contributed by atoms with Gasteiger partial charge in [0, 0.05) is 6.42 Å². The maximum Gasteiger partial charge on any atom is 0.469 e. The normalized spacial score (nSPS) is 12.8. The van der Waals surface area contributed by atoms with Gasteiger partial charge in [-0.2, -0.15) is 0 Å². The van der Waals surface area contributed by atoms with Crippen LogP contribution in [0.4, 0.5) is 4.39 Å². The smallest absolute Gasteiger partial charge is 0.347 e. The number of rotatable bonds is 11. The van der Waals surface area contributed by atoms with Gasteiger partial charge in [-0.15, -0.1) is 0 Å². The third kappa shape index (κ3) is 9.13. The van der Waals surface area contributed by atoms with Crippen LogP contribution in [0.3, 0.4) is 0 Å². The predicted octanol–water partition coefficient (Wildman–Crippen LogP) is 3.45. The molecule has 0 saturated heterocycles. The second-order valence-electron chi connectivity index (χ2n) is 5.63. The van der Waals surface area contributed by atoms with Crippen LogP contribution >= 0.6 is 7.82 Å². The van der Waals surface area contributed by atoms with E-state index in [0.29, 0.717) is 12.0 Å². The van der Waals surface area contributed by atoms with E-state index in [4.69, 9.17) is 9.79 Å². The molecule has 0 spiro atoms. The fourth-order valence-corrected chi connectivity index (χ4v) is 2.62.